The average molecular weight is 272 g/mol. The zero-order valence-electron chi connectivity index (χ0n) is 12.6. The Hall–Kier alpha value is -1.26. The van der Waals surface area contributed by atoms with E-state index in [1.807, 2.05) is 0 Å². The van der Waals surface area contributed by atoms with Crippen molar-refractivity contribution in [1.82, 2.24) is 10.2 Å². The van der Waals surface area contributed by atoms with Crippen LogP contribution < -0.4 is 5.32 Å². The highest BCUT2D eigenvalue weighted by Crippen LogP contribution is 2.11. The number of hydrogen-bond acceptors (Lipinski definition) is 2. The minimum Gasteiger partial charge on any atom is -0.481 e. The summed E-state index contributed by atoms with van der Waals surface area (Å²) in [5.74, 6) is -0.916. The lowest BCUT2D eigenvalue weighted by molar-refractivity contribution is -0.141. The number of carboxylic acid groups (broad SMARTS) is 1. The number of carboxylic acids is 1. The summed E-state index contributed by atoms with van der Waals surface area (Å²) < 4.78 is 0. The van der Waals surface area contributed by atoms with E-state index < -0.39 is 11.9 Å². The van der Waals surface area contributed by atoms with Gasteiger partial charge in [0.05, 0.1) is 5.92 Å². The van der Waals surface area contributed by atoms with E-state index in [-0.39, 0.29) is 12.6 Å². The molecule has 0 rings (SSSR count). The number of amides is 2. The zero-order chi connectivity index (χ0) is 14.8. The number of nitrogens with zero attached hydrogens (tertiary/aromatic N) is 1. The van der Waals surface area contributed by atoms with E-state index in [1.165, 1.54) is 17.7 Å². The van der Waals surface area contributed by atoms with Crippen LogP contribution >= 0.6 is 0 Å². The van der Waals surface area contributed by atoms with Gasteiger partial charge >= 0.3 is 12.0 Å². The van der Waals surface area contributed by atoms with Crippen LogP contribution in [0.4, 0.5) is 4.79 Å². The third-order valence-corrected chi connectivity index (χ3v) is 3.40. The van der Waals surface area contributed by atoms with Gasteiger partial charge in [-0.2, -0.15) is 0 Å². The quantitative estimate of drug-likeness (QED) is 0.677. The van der Waals surface area contributed by atoms with E-state index in [2.05, 4.69) is 19.2 Å². The third-order valence-electron chi connectivity index (χ3n) is 3.40. The van der Waals surface area contributed by atoms with Gasteiger partial charge in [0.15, 0.2) is 0 Å². The standard InChI is InChI=1S/C14H28N2O3/c1-5-7-8-12(6-2)9-15-14(19)16(4)10-11(3)13(17)18/h11-12H,5-10H2,1-4H3,(H,15,19)(H,17,18). The van der Waals surface area contributed by atoms with Gasteiger partial charge < -0.3 is 15.3 Å². The Morgan fingerprint density at radius 3 is 2.42 bits per heavy atom. The maximum absolute atomic E-state index is 11.8. The molecule has 0 saturated carbocycles. The molecule has 0 fully saturated rings. The summed E-state index contributed by atoms with van der Waals surface area (Å²) in [5.41, 5.74) is 0. The topological polar surface area (TPSA) is 69.6 Å². The first kappa shape index (κ1) is 17.7. The molecule has 0 aromatic heterocycles. The van der Waals surface area contributed by atoms with Crippen LogP contribution in [0, 0.1) is 11.8 Å². The van der Waals surface area contributed by atoms with Crippen molar-refractivity contribution in [1.29, 1.82) is 0 Å². The first-order valence-corrected chi connectivity index (χ1v) is 7.14. The van der Waals surface area contributed by atoms with Crippen LogP contribution in [0.2, 0.25) is 0 Å². The fourth-order valence-corrected chi connectivity index (χ4v) is 1.88. The first-order chi connectivity index (χ1) is 8.92. The Labute approximate surface area is 116 Å². The Morgan fingerprint density at radius 2 is 1.95 bits per heavy atom. The van der Waals surface area contributed by atoms with Crippen LogP contribution in [0.5, 0.6) is 0 Å². The van der Waals surface area contributed by atoms with E-state index in [9.17, 15) is 9.59 Å². The molecule has 0 radical (unpaired) electrons. The van der Waals surface area contributed by atoms with Crippen LogP contribution in [-0.4, -0.2) is 42.1 Å². The summed E-state index contributed by atoms with van der Waals surface area (Å²) in [6.45, 7) is 6.78. The summed E-state index contributed by atoms with van der Waals surface area (Å²) in [6.07, 6.45) is 4.53. The number of nitrogens with one attached hydrogen (secondary N) is 1. The van der Waals surface area contributed by atoms with Crippen LogP contribution in [0.3, 0.4) is 0 Å². The number of carbonyl (C=O) groups is 2. The molecule has 0 heterocycles. The first-order valence-electron chi connectivity index (χ1n) is 7.14. The minimum atomic E-state index is -0.881. The second-order valence-corrected chi connectivity index (χ2v) is 5.22. The number of urea groups is 1. The molecule has 0 aliphatic rings. The van der Waals surface area contributed by atoms with Crippen LogP contribution in [-0.2, 0) is 4.79 Å². The zero-order valence-corrected chi connectivity index (χ0v) is 12.6. The van der Waals surface area contributed by atoms with E-state index in [0.717, 1.165) is 12.8 Å². The lowest BCUT2D eigenvalue weighted by Gasteiger charge is -2.22. The second-order valence-electron chi connectivity index (χ2n) is 5.22. The van der Waals surface area contributed by atoms with Crippen molar-refractivity contribution in [3.8, 4) is 0 Å². The van der Waals surface area contributed by atoms with E-state index >= 15 is 0 Å². The van der Waals surface area contributed by atoms with Gasteiger partial charge in [-0.3, -0.25) is 4.79 Å². The molecule has 0 aromatic carbocycles. The molecule has 2 unspecified atom stereocenters. The summed E-state index contributed by atoms with van der Waals surface area (Å²) >= 11 is 0. The normalized spacial score (nSPS) is 13.7. The molecular weight excluding hydrogens is 244 g/mol. The Bertz CT molecular complexity index is 282. The summed E-state index contributed by atoms with van der Waals surface area (Å²) in [7, 11) is 1.63. The lowest BCUT2D eigenvalue weighted by Crippen LogP contribution is -2.42. The highest BCUT2D eigenvalue weighted by Gasteiger charge is 2.17. The molecule has 19 heavy (non-hydrogen) atoms. The van der Waals surface area contributed by atoms with E-state index in [1.54, 1.807) is 14.0 Å². The highest BCUT2D eigenvalue weighted by molar-refractivity contribution is 5.75. The fraction of sp³-hybridized carbons (Fsp3) is 0.857. The van der Waals surface area contributed by atoms with Gasteiger partial charge in [0.2, 0.25) is 0 Å². The SMILES string of the molecule is CCCCC(CC)CNC(=O)N(C)CC(C)C(=O)O. The van der Waals surface area contributed by atoms with Crippen LogP contribution in [0.25, 0.3) is 0 Å². The van der Waals surface area contributed by atoms with Crippen molar-refractivity contribution >= 4 is 12.0 Å². The van der Waals surface area contributed by atoms with Crippen molar-refractivity contribution in [2.45, 2.75) is 46.5 Å². The molecule has 2 amide bonds. The van der Waals surface area contributed by atoms with Gasteiger partial charge in [-0.25, -0.2) is 4.79 Å². The Morgan fingerprint density at radius 1 is 1.32 bits per heavy atom. The van der Waals surface area contributed by atoms with E-state index in [4.69, 9.17) is 5.11 Å². The van der Waals surface area contributed by atoms with Crippen LogP contribution in [0.15, 0.2) is 0 Å². The maximum Gasteiger partial charge on any atom is 0.317 e. The molecule has 0 saturated heterocycles. The predicted molar refractivity (Wildman–Crippen MR) is 76.1 cm³/mol. The number of aliphatic carboxylic acids is 1. The van der Waals surface area contributed by atoms with Gasteiger partial charge in [-0.1, -0.05) is 40.0 Å². The van der Waals surface area contributed by atoms with Gasteiger partial charge in [0, 0.05) is 20.1 Å². The predicted octanol–water partition coefficient (Wildman–Crippen LogP) is 2.56. The second kappa shape index (κ2) is 9.64. The van der Waals surface area contributed by atoms with E-state index in [0.29, 0.717) is 12.5 Å². The average Bonchev–Trinajstić information content (AvgIpc) is 2.38. The smallest absolute Gasteiger partial charge is 0.317 e. The monoisotopic (exact) mass is 272 g/mol. The number of rotatable bonds is 9. The molecule has 112 valence electrons. The minimum absolute atomic E-state index is 0.192. The molecule has 0 aliphatic heterocycles. The molecule has 0 aromatic rings. The summed E-state index contributed by atoms with van der Waals surface area (Å²) in [5, 5.41) is 11.7. The molecule has 2 N–H and O–H groups in total. The van der Waals surface area contributed by atoms with Gasteiger partial charge in [-0.15, -0.1) is 0 Å². The van der Waals surface area contributed by atoms with Crippen molar-refractivity contribution in [3.05, 3.63) is 0 Å². The van der Waals surface area contributed by atoms with Gasteiger partial charge in [0.25, 0.3) is 0 Å². The van der Waals surface area contributed by atoms with Crippen molar-refractivity contribution < 1.29 is 14.7 Å². The molecule has 0 spiro atoms. The Balaban J connectivity index is 4.04. The molecule has 5 nitrogen and oxygen atoms in total. The summed E-state index contributed by atoms with van der Waals surface area (Å²) in [4.78, 5) is 24.0. The third kappa shape index (κ3) is 7.70. The Kier molecular flexibility index (Phi) is 9.00. The molecule has 5 heteroatoms. The number of hydrogen-bond donors (Lipinski definition) is 2. The van der Waals surface area contributed by atoms with Crippen LogP contribution in [0.1, 0.15) is 46.5 Å². The highest BCUT2D eigenvalue weighted by atomic mass is 16.4. The molecule has 0 aliphatic carbocycles. The molecule has 2 atom stereocenters. The summed E-state index contributed by atoms with van der Waals surface area (Å²) in [6, 6.07) is -0.192. The maximum atomic E-state index is 11.8. The van der Waals surface area contributed by atoms with Crippen molar-refractivity contribution in [3.63, 3.8) is 0 Å². The van der Waals surface area contributed by atoms with Gasteiger partial charge in [0.1, 0.15) is 0 Å². The van der Waals surface area contributed by atoms with Gasteiger partial charge in [-0.05, 0) is 12.3 Å². The van der Waals surface area contributed by atoms with Crippen molar-refractivity contribution in [2.24, 2.45) is 11.8 Å². The largest absolute Gasteiger partial charge is 0.481 e. The number of unbranched alkanes of at least 4 members (excludes halogenated alkanes) is 1. The van der Waals surface area contributed by atoms with Crippen molar-refractivity contribution in [2.75, 3.05) is 20.1 Å². The molecular formula is C14H28N2O3. The lowest BCUT2D eigenvalue weighted by atomic mass is 9.99. The number of carbonyl (C=O) groups excluding carboxylic acids is 1. The fourth-order valence-electron chi connectivity index (χ4n) is 1.88. The molecule has 0 bridgehead atoms.